The number of benzene rings is 1. The molecule has 0 saturated heterocycles. The Balaban J connectivity index is 2.05. The maximum absolute atomic E-state index is 14.1. The lowest BCUT2D eigenvalue weighted by Crippen LogP contribution is -2.41. The first kappa shape index (κ1) is 15.3. The van der Waals surface area contributed by atoms with Crippen LogP contribution in [-0.4, -0.2) is 24.9 Å². The van der Waals surface area contributed by atoms with Gasteiger partial charge in [-0.15, -0.1) is 0 Å². The minimum Gasteiger partial charge on any atom is -0.497 e. The average molecular weight is 281 g/mol. The normalized spacial score (nSPS) is 24.4. The number of halogens is 1. The van der Waals surface area contributed by atoms with Gasteiger partial charge in [0, 0.05) is 30.3 Å². The van der Waals surface area contributed by atoms with Crippen LogP contribution in [0.15, 0.2) is 18.2 Å². The van der Waals surface area contributed by atoms with Gasteiger partial charge in [-0.25, -0.2) is 4.39 Å². The Bertz CT molecular complexity index is 438. The molecule has 0 amide bonds. The van der Waals surface area contributed by atoms with E-state index in [1.165, 1.54) is 26.0 Å². The van der Waals surface area contributed by atoms with Crippen LogP contribution in [0, 0.1) is 11.7 Å². The number of hydrogen-bond donors (Lipinski definition) is 2. The Morgan fingerprint density at radius 2 is 2.15 bits per heavy atom. The van der Waals surface area contributed by atoms with Crippen molar-refractivity contribution < 1.29 is 14.2 Å². The van der Waals surface area contributed by atoms with Gasteiger partial charge in [-0.05, 0) is 31.7 Å². The second kappa shape index (κ2) is 7.04. The predicted octanol–water partition coefficient (Wildman–Crippen LogP) is 3.04. The molecule has 1 aliphatic carbocycles. The molecular weight excluding hydrogens is 257 g/mol. The van der Waals surface area contributed by atoms with Gasteiger partial charge in [-0.3, -0.25) is 0 Å². The molecule has 1 saturated carbocycles. The molecule has 0 aliphatic heterocycles. The number of aliphatic hydroxyl groups excluding tert-OH is 1. The van der Waals surface area contributed by atoms with Crippen molar-refractivity contribution in [2.75, 3.05) is 13.7 Å². The highest BCUT2D eigenvalue weighted by molar-refractivity contribution is 5.30. The van der Waals surface area contributed by atoms with Gasteiger partial charge in [0.15, 0.2) is 0 Å². The van der Waals surface area contributed by atoms with E-state index in [-0.39, 0.29) is 30.4 Å². The third kappa shape index (κ3) is 3.49. The van der Waals surface area contributed by atoms with Gasteiger partial charge in [-0.2, -0.15) is 0 Å². The number of nitrogens with one attached hydrogen (secondary N) is 1. The van der Waals surface area contributed by atoms with Crippen LogP contribution >= 0.6 is 0 Å². The molecule has 1 aromatic carbocycles. The number of rotatable bonds is 5. The van der Waals surface area contributed by atoms with Crippen molar-refractivity contribution >= 4 is 0 Å². The Kier molecular flexibility index (Phi) is 5.38. The van der Waals surface area contributed by atoms with Crippen molar-refractivity contribution in [1.82, 2.24) is 5.32 Å². The van der Waals surface area contributed by atoms with Gasteiger partial charge < -0.3 is 15.2 Å². The average Bonchev–Trinajstić information content (AvgIpc) is 2.47. The molecule has 0 heterocycles. The molecule has 0 spiro atoms. The lowest BCUT2D eigenvalue weighted by atomic mass is 9.84. The summed E-state index contributed by atoms with van der Waals surface area (Å²) in [6, 6.07) is 5.16. The molecule has 1 aliphatic rings. The topological polar surface area (TPSA) is 41.5 Å². The Morgan fingerprint density at radius 1 is 1.40 bits per heavy atom. The van der Waals surface area contributed by atoms with Crippen molar-refractivity contribution in [2.45, 2.75) is 44.7 Å². The quantitative estimate of drug-likeness (QED) is 0.871. The molecule has 1 aromatic rings. The van der Waals surface area contributed by atoms with Crippen LogP contribution in [0.2, 0.25) is 0 Å². The molecule has 4 heteroatoms. The van der Waals surface area contributed by atoms with E-state index in [0.717, 1.165) is 12.8 Å². The number of aliphatic hydroxyl groups is 1. The lowest BCUT2D eigenvalue weighted by molar-refractivity contribution is 0.147. The van der Waals surface area contributed by atoms with E-state index in [0.29, 0.717) is 11.3 Å². The largest absolute Gasteiger partial charge is 0.497 e. The summed E-state index contributed by atoms with van der Waals surface area (Å²) in [5, 5.41) is 12.9. The van der Waals surface area contributed by atoms with Gasteiger partial charge in [0.2, 0.25) is 0 Å². The van der Waals surface area contributed by atoms with Crippen molar-refractivity contribution in [3.8, 4) is 5.75 Å². The molecule has 3 nitrogen and oxygen atoms in total. The fraction of sp³-hybridized carbons (Fsp3) is 0.625. The van der Waals surface area contributed by atoms with Gasteiger partial charge in [-0.1, -0.05) is 18.9 Å². The van der Waals surface area contributed by atoms with Crippen LogP contribution in [-0.2, 0) is 0 Å². The molecule has 112 valence electrons. The summed E-state index contributed by atoms with van der Waals surface area (Å²) in [7, 11) is 1.53. The molecule has 20 heavy (non-hydrogen) atoms. The fourth-order valence-corrected chi connectivity index (χ4v) is 3.04. The third-order valence-electron chi connectivity index (χ3n) is 4.28. The van der Waals surface area contributed by atoms with E-state index < -0.39 is 0 Å². The predicted molar refractivity (Wildman–Crippen MR) is 77.3 cm³/mol. The maximum atomic E-state index is 14.1. The monoisotopic (exact) mass is 281 g/mol. The highest BCUT2D eigenvalue weighted by Crippen LogP contribution is 2.28. The van der Waals surface area contributed by atoms with Gasteiger partial charge in [0.05, 0.1) is 7.11 Å². The zero-order valence-electron chi connectivity index (χ0n) is 12.2. The number of methoxy groups -OCH3 is 1. The van der Waals surface area contributed by atoms with E-state index in [1.807, 2.05) is 6.92 Å². The summed E-state index contributed by atoms with van der Waals surface area (Å²) >= 11 is 0. The Hall–Kier alpha value is -1.13. The van der Waals surface area contributed by atoms with Crippen molar-refractivity contribution in [1.29, 1.82) is 0 Å². The molecule has 0 bridgehead atoms. The molecule has 3 atom stereocenters. The molecule has 0 radical (unpaired) electrons. The Morgan fingerprint density at radius 3 is 2.80 bits per heavy atom. The van der Waals surface area contributed by atoms with E-state index in [9.17, 15) is 9.50 Å². The lowest BCUT2D eigenvalue weighted by Gasteiger charge is -2.33. The zero-order chi connectivity index (χ0) is 14.5. The van der Waals surface area contributed by atoms with Crippen LogP contribution in [0.3, 0.4) is 0 Å². The molecule has 0 aromatic heterocycles. The summed E-state index contributed by atoms with van der Waals surface area (Å²) in [5.41, 5.74) is 0.646. The minimum atomic E-state index is -0.249. The van der Waals surface area contributed by atoms with Crippen molar-refractivity contribution in [3.05, 3.63) is 29.6 Å². The molecule has 3 unspecified atom stereocenters. The Labute approximate surface area is 120 Å². The summed E-state index contributed by atoms with van der Waals surface area (Å²) in [4.78, 5) is 0. The van der Waals surface area contributed by atoms with Crippen LogP contribution in [0.25, 0.3) is 0 Å². The first-order valence-corrected chi connectivity index (χ1v) is 7.36. The van der Waals surface area contributed by atoms with E-state index in [1.54, 1.807) is 12.1 Å². The number of ether oxygens (including phenoxy) is 1. The van der Waals surface area contributed by atoms with Crippen LogP contribution in [0.5, 0.6) is 5.75 Å². The summed E-state index contributed by atoms with van der Waals surface area (Å²) in [5.74, 6) is 0.567. The standard InChI is InChI=1S/C16H24FNO2/c1-11(14-8-7-13(20-2)9-15(14)17)18-16-6-4-3-5-12(16)10-19/h7-9,11-12,16,18-19H,3-6,10H2,1-2H3. The van der Waals surface area contributed by atoms with E-state index in [4.69, 9.17) is 4.74 Å². The SMILES string of the molecule is COc1ccc(C(C)NC2CCCCC2CO)c(F)c1. The summed E-state index contributed by atoms with van der Waals surface area (Å²) < 4.78 is 19.1. The first-order chi connectivity index (χ1) is 9.65. The van der Waals surface area contributed by atoms with E-state index in [2.05, 4.69) is 5.32 Å². The van der Waals surface area contributed by atoms with Crippen molar-refractivity contribution in [2.24, 2.45) is 5.92 Å². The van der Waals surface area contributed by atoms with Gasteiger partial charge >= 0.3 is 0 Å². The molecule has 1 fully saturated rings. The van der Waals surface area contributed by atoms with E-state index >= 15 is 0 Å². The second-order valence-corrected chi connectivity index (χ2v) is 5.61. The molecular formula is C16H24FNO2. The van der Waals surface area contributed by atoms with Crippen LogP contribution < -0.4 is 10.1 Å². The van der Waals surface area contributed by atoms with Gasteiger partial charge in [0.1, 0.15) is 11.6 Å². The van der Waals surface area contributed by atoms with Gasteiger partial charge in [0.25, 0.3) is 0 Å². The molecule has 2 rings (SSSR count). The summed E-state index contributed by atoms with van der Waals surface area (Å²) in [6.45, 7) is 2.17. The highest BCUT2D eigenvalue weighted by atomic mass is 19.1. The molecule has 2 N–H and O–H groups in total. The first-order valence-electron chi connectivity index (χ1n) is 7.36. The van der Waals surface area contributed by atoms with Crippen LogP contribution in [0.1, 0.15) is 44.2 Å². The smallest absolute Gasteiger partial charge is 0.131 e. The van der Waals surface area contributed by atoms with Crippen molar-refractivity contribution in [3.63, 3.8) is 0 Å². The minimum absolute atomic E-state index is 0.0712. The second-order valence-electron chi connectivity index (χ2n) is 5.61. The highest BCUT2D eigenvalue weighted by Gasteiger charge is 2.26. The third-order valence-corrected chi connectivity index (χ3v) is 4.28. The summed E-state index contributed by atoms with van der Waals surface area (Å²) in [6.07, 6.45) is 4.44. The van der Waals surface area contributed by atoms with Crippen LogP contribution in [0.4, 0.5) is 4.39 Å². The fourth-order valence-electron chi connectivity index (χ4n) is 3.04. The maximum Gasteiger partial charge on any atom is 0.131 e. The number of hydrogen-bond acceptors (Lipinski definition) is 3. The zero-order valence-corrected chi connectivity index (χ0v) is 12.2.